The van der Waals surface area contributed by atoms with E-state index in [1.54, 1.807) is 15.3 Å². The summed E-state index contributed by atoms with van der Waals surface area (Å²) in [6, 6.07) is 7.84. The molecule has 0 aliphatic carbocycles. The van der Waals surface area contributed by atoms with Crippen LogP contribution in [0.1, 0.15) is 12.0 Å². The largest absolute Gasteiger partial charge is 0.486 e. The number of ether oxygens (including phenoxy) is 2. The highest BCUT2D eigenvalue weighted by Gasteiger charge is 2.14. The molecule has 4 heterocycles. The molecule has 0 unspecified atom stereocenters. The predicted molar refractivity (Wildman–Crippen MR) is 123 cm³/mol. The van der Waals surface area contributed by atoms with Crippen LogP contribution in [0.5, 0.6) is 11.5 Å². The van der Waals surface area contributed by atoms with Crippen LogP contribution in [0.25, 0.3) is 16.7 Å². The Labute approximate surface area is 189 Å². The first kappa shape index (κ1) is 20.8. The van der Waals surface area contributed by atoms with Gasteiger partial charge in [0.15, 0.2) is 11.5 Å². The van der Waals surface area contributed by atoms with Gasteiger partial charge in [-0.2, -0.15) is 9.50 Å². The van der Waals surface area contributed by atoms with Gasteiger partial charge >= 0.3 is 0 Å². The molecule has 0 fully saturated rings. The molecule has 0 radical (unpaired) electrons. The van der Waals surface area contributed by atoms with Crippen LogP contribution in [0.4, 0.5) is 0 Å². The Morgan fingerprint density at radius 1 is 1.16 bits per heavy atom. The summed E-state index contributed by atoms with van der Waals surface area (Å²) >= 11 is 1.51. The molecule has 0 atom stereocenters. The SMILES string of the molecule is CN(C)CCCn1ccc2c(cnc3nc(SCc4ccc5c(c4)OCCO5)nn32)c1=O. The van der Waals surface area contributed by atoms with Crippen LogP contribution in [0, 0.1) is 0 Å². The maximum absolute atomic E-state index is 12.9. The number of hydrogen-bond acceptors (Lipinski definition) is 8. The summed E-state index contributed by atoms with van der Waals surface area (Å²) in [5.74, 6) is 2.71. The van der Waals surface area contributed by atoms with E-state index >= 15 is 0 Å². The zero-order valence-electron chi connectivity index (χ0n) is 18.0. The molecule has 166 valence electrons. The third-order valence-corrected chi connectivity index (χ3v) is 6.18. The lowest BCUT2D eigenvalue weighted by Crippen LogP contribution is -2.23. The first-order chi connectivity index (χ1) is 15.6. The van der Waals surface area contributed by atoms with Crippen molar-refractivity contribution in [3.8, 4) is 11.5 Å². The summed E-state index contributed by atoms with van der Waals surface area (Å²) in [6.07, 6.45) is 4.32. The lowest BCUT2D eigenvalue weighted by molar-refractivity contribution is 0.171. The second-order valence-corrected chi connectivity index (χ2v) is 8.84. The molecule has 1 aliphatic heterocycles. The molecule has 1 aromatic carbocycles. The van der Waals surface area contributed by atoms with Crippen LogP contribution >= 0.6 is 11.8 Å². The van der Waals surface area contributed by atoms with Crippen molar-refractivity contribution in [2.24, 2.45) is 0 Å². The Kier molecular flexibility index (Phi) is 5.71. The van der Waals surface area contributed by atoms with Crippen LogP contribution in [0.15, 0.2) is 46.6 Å². The predicted octanol–water partition coefficient (Wildman–Crippen LogP) is 2.45. The number of benzene rings is 1. The van der Waals surface area contributed by atoms with Crippen LogP contribution in [0.2, 0.25) is 0 Å². The monoisotopic (exact) mass is 452 g/mol. The van der Waals surface area contributed by atoms with Crippen LogP contribution < -0.4 is 15.0 Å². The topological polar surface area (TPSA) is 86.8 Å². The molecular formula is C22H24N6O3S. The normalized spacial score (nSPS) is 13.3. The molecule has 4 aromatic rings. The van der Waals surface area contributed by atoms with Gasteiger partial charge in [0.05, 0.1) is 10.9 Å². The van der Waals surface area contributed by atoms with E-state index in [0.29, 0.717) is 47.3 Å². The van der Waals surface area contributed by atoms with Gasteiger partial charge in [0.1, 0.15) is 13.2 Å². The Morgan fingerprint density at radius 2 is 2.00 bits per heavy atom. The van der Waals surface area contributed by atoms with Crippen LogP contribution in [-0.4, -0.2) is 62.9 Å². The van der Waals surface area contributed by atoms with Gasteiger partial charge in [0.2, 0.25) is 5.16 Å². The maximum atomic E-state index is 12.9. The fraction of sp³-hybridized carbons (Fsp3) is 0.364. The fourth-order valence-corrected chi connectivity index (χ4v) is 4.42. The molecule has 10 heteroatoms. The van der Waals surface area contributed by atoms with Gasteiger partial charge in [-0.3, -0.25) is 4.79 Å². The molecule has 5 rings (SSSR count). The average Bonchev–Trinajstić information content (AvgIpc) is 3.22. The minimum Gasteiger partial charge on any atom is -0.486 e. The number of thioether (sulfide) groups is 1. The zero-order valence-corrected chi connectivity index (χ0v) is 18.8. The summed E-state index contributed by atoms with van der Waals surface area (Å²) in [4.78, 5) is 23.9. The highest BCUT2D eigenvalue weighted by atomic mass is 32.2. The number of pyridine rings is 1. The van der Waals surface area contributed by atoms with Crippen LogP contribution in [0.3, 0.4) is 0 Å². The average molecular weight is 453 g/mol. The molecule has 3 aromatic heterocycles. The van der Waals surface area contributed by atoms with Crippen molar-refractivity contribution in [1.82, 2.24) is 29.0 Å². The third kappa shape index (κ3) is 4.15. The highest BCUT2D eigenvalue weighted by molar-refractivity contribution is 7.98. The second kappa shape index (κ2) is 8.79. The van der Waals surface area contributed by atoms with E-state index in [0.717, 1.165) is 30.0 Å². The van der Waals surface area contributed by atoms with Crippen molar-refractivity contribution in [1.29, 1.82) is 0 Å². The number of aromatic nitrogens is 5. The lowest BCUT2D eigenvalue weighted by Gasteiger charge is -2.18. The van der Waals surface area contributed by atoms with Crippen molar-refractivity contribution in [2.45, 2.75) is 23.9 Å². The Bertz CT molecular complexity index is 1330. The summed E-state index contributed by atoms with van der Waals surface area (Å²) < 4.78 is 14.6. The molecule has 1 aliphatic rings. The Hall–Kier alpha value is -3.11. The quantitative estimate of drug-likeness (QED) is 0.395. The molecule has 9 nitrogen and oxygen atoms in total. The minimum atomic E-state index is -0.0587. The number of fused-ring (bicyclic) bond motifs is 4. The lowest BCUT2D eigenvalue weighted by atomic mass is 10.2. The molecule has 0 saturated heterocycles. The highest BCUT2D eigenvalue weighted by Crippen LogP contribution is 2.32. The van der Waals surface area contributed by atoms with Crippen molar-refractivity contribution in [2.75, 3.05) is 33.9 Å². The number of nitrogens with zero attached hydrogens (tertiary/aromatic N) is 6. The van der Waals surface area contributed by atoms with E-state index in [1.807, 2.05) is 44.6 Å². The van der Waals surface area contributed by atoms with Gasteiger partial charge in [-0.05, 0) is 50.8 Å². The first-order valence-electron chi connectivity index (χ1n) is 10.5. The van der Waals surface area contributed by atoms with Crippen molar-refractivity contribution >= 4 is 28.4 Å². The van der Waals surface area contributed by atoms with Gasteiger partial charge in [-0.15, -0.1) is 5.10 Å². The summed E-state index contributed by atoms with van der Waals surface area (Å²) in [7, 11) is 4.05. The number of hydrogen-bond donors (Lipinski definition) is 0. The molecule has 0 amide bonds. The van der Waals surface area contributed by atoms with E-state index in [1.165, 1.54) is 11.8 Å². The molecule has 0 bridgehead atoms. The standard InChI is InChI=1S/C22H24N6O3S/c1-26(2)7-3-8-27-9-6-17-16(20(27)29)13-23-21-24-22(25-28(17)21)32-14-15-4-5-18-19(12-15)31-11-10-30-18/h4-6,9,12-13H,3,7-8,10-11,14H2,1-2H3. The Morgan fingerprint density at radius 3 is 2.84 bits per heavy atom. The number of aryl methyl sites for hydroxylation is 1. The number of rotatable bonds is 7. The van der Waals surface area contributed by atoms with Gasteiger partial charge in [-0.1, -0.05) is 17.8 Å². The first-order valence-corrected chi connectivity index (χ1v) is 11.5. The fourth-order valence-electron chi connectivity index (χ4n) is 3.66. The van der Waals surface area contributed by atoms with E-state index in [9.17, 15) is 4.79 Å². The molecule has 0 N–H and O–H groups in total. The Balaban J connectivity index is 1.37. The third-order valence-electron chi connectivity index (χ3n) is 5.27. The van der Waals surface area contributed by atoms with Gasteiger partial charge in [-0.25, -0.2) is 4.98 Å². The van der Waals surface area contributed by atoms with E-state index in [2.05, 4.69) is 20.0 Å². The van der Waals surface area contributed by atoms with Gasteiger partial charge in [0, 0.05) is 24.7 Å². The molecular weight excluding hydrogens is 428 g/mol. The summed E-state index contributed by atoms with van der Waals surface area (Å²) in [6.45, 7) is 2.73. The van der Waals surface area contributed by atoms with Crippen molar-refractivity contribution in [3.63, 3.8) is 0 Å². The van der Waals surface area contributed by atoms with Gasteiger partial charge in [0.25, 0.3) is 11.3 Å². The molecule has 32 heavy (non-hydrogen) atoms. The zero-order chi connectivity index (χ0) is 22.1. The van der Waals surface area contributed by atoms with Crippen LogP contribution in [-0.2, 0) is 12.3 Å². The summed E-state index contributed by atoms with van der Waals surface area (Å²) in [5, 5.41) is 5.74. The van der Waals surface area contributed by atoms with E-state index < -0.39 is 0 Å². The van der Waals surface area contributed by atoms with Crippen molar-refractivity contribution in [3.05, 3.63) is 52.6 Å². The van der Waals surface area contributed by atoms with Gasteiger partial charge < -0.3 is 18.9 Å². The molecule has 0 spiro atoms. The molecule has 0 saturated carbocycles. The second-order valence-electron chi connectivity index (χ2n) is 7.90. The maximum Gasteiger partial charge on any atom is 0.261 e. The smallest absolute Gasteiger partial charge is 0.261 e. The van der Waals surface area contributed by atoms with E-state index in [-0.39, 0.29) is 5.56 Å². The summed E-state index contributed by atoms with van der Waals surface area (Å²) in [5.41, 5.74) is 1.75. The van der Waals surface area contributed by atoms with E-state index in [4.69, 9.17) is 9.47 Å². The van der Waals surface area contributed by atoms with Crippen molar-refractivity contribution < 1.29 is 9.47 Å². The minimum absolute atomic E-state index is 0.0587.